The van der Waals surface area contributed by atoms with E-state index in [9.17, 15) is 18.0 Å². The fraction of sp³-hybridized carbons (Fsp3) is 0.269. The maximum Gasteiger partial charge on any atom is 0.417 e. The van der Waals surface area contributed by atoms with E-state index in [-0.39, 0.29) is 47.3 Å². The van der Waals surface area contributed by atoms with Crippen LogP contribution in [-0.4, -0.2) is 27.2 Å². The Bertz CT molecular complexity index is 1360. The molecule has 2 aromatic heterocycles. The van der Waals surface area contributed by atoms with Crippen molar-refractivity contribution in [3.05, 3.63) is 77.4 Å². The summed E-state index contributed by atoms with van der Waals surface area (Å²) >= 11 is 0. The van der Waals surface area contributed by atoms with Gasteiger partial charge in [-0.25, -0.2) is 4.68 Å². The highest BCUT2D eigenvalue weighted by molar-refractivity contribution is 5.94. The third-order valence-electron chi connectivity index (χ3n) is 6.23. The van der Waals surface area contributed by atoms with E-state index in [1.807, 2.05) is 18.2 Å². The van der Waals surface area contributed by atoms with Gasteiger partial charge in [-0.2, -0.15) is 23.3 Å². The Morgan fingerprint density at radius 1 is 1.12 bits per heavy atom. The fourth-order valence-corrected chi connectivity index (χ4v) is 4.66. The summed E-state index contributed by atoms with van der Waals surface area (Å²) in [6, 6.07) is 17.5. The predicted molar refractivity (Wildman–Crippen MR) is 122 cm³/mol. The topological polar surface area (TPSA) is 57.0 Å². The van der Waals surface area contributed by atoms with Gasteiger partial charge in [0.15, 0.2) is 11.4 Å². The molecule has 0 saturated carbocycles. The molecular weight excluding hydrogens is 443 g/mol. The zero-order chi connectivity index (χ0) is 23.9. The molecule has 0 amide bonds. The van der Waals surface area contributed by atoms with Crippen LogP contribution in [0.2, 0.25) is 0 Å². The van der Waals surface area contributed by atoms with Crippen molar-refractivity contribution in [3.63, 3.8) is 0 Å². The Morgan fingerprint density at radius 3 is 2.62 bits per heavy atom. The van der Waals surface area contributed by atoms with Gasteiger partial charge in [0.2, 0.25) is 5.88 Å². The highest BCUT2D eigenvalue weighted by Gasteiger charge is 2.36. The summed E-state index contributed by atoms with van der Waals surface area (Å²) in [6.45, 7) is -0.335. The lowest BCUT2D eigenvalue weighted by molar-refractivity contribution is -0.136. The number of benzene rings is 2. The number of Topliss-reactive ketones (excluding diaryl/α,β-unsaturated/α-hetero) is 1. The molecule has 34 heavy (non-hydrogen) atoms. The van der Waals surface area contributed by atoms with Crippen LogP contribution in [0.4, 0.5) is 13.2 Å². The molecule has 8 heteroatoms. The number of halogens is 3. The molecule has 0 saturated heterocycles. The van der Waals surface area contributed by atoms with Crippen LogP contribution < -0.4 is 4.74 Å². The molecule has 5 nitrogen and oxygen atoms in total. The number of aromatic nitrogens is 3. The van der Waals surface area contributed by atoms with Gasteiger partial charge in [0.1, 0.15) is 12.3 Å². The van der Waals surface area contributed by atoms with Gasteiger partial charge in [-0.15, -0.1) is 0 Å². The van der Waals surface area contributed by atoms with Crippen molar-refractivity contribution < 1.29 is 22.7 Å². The van der Waals surface area contributed by atoms with Gasteiger partial charge in [0.05, 0.1) is 10.9 Å². The molecule has 0 aliphatic heterocycles. The Balaban J connectivity index is 1.41. The maximum atomic E-state index is 14.0. The minimum atomic E-state index is -4.65. The molecule has 4 aromatic rings. The third kappa shape index (κ3) is 4.16. The molecule has 0 spiro atoms. The van der Waals surface area contributed by atoms with Crippen LogP contribution in [0.3, 0.4) is 0 Å². The third-order valence-corrected chi connectivity index (χ3v) is 6.23. The van der Waals surface area contributed by atoms with Crippen LogP contribution in [0.5, 0.6) is 5.88 Å². The number of aryl methyl sites for hydroxylation is 2. The van der Waals surface area contributed by atoms with Crippen molar-refractivity contribution in [2.75, 3.05) is 6.61 Å². The SMILES string of the molecule is Cn1nc(-c2ccccc2)c2c(C(F)(F)F)cc(OCC(=O)C[C@H]3CCc4ccccc43)nc21. The number of pyridine rings is 1. The quantitative estimate of drug-likeness (QED) is 0.365. The number of carbonyl (C=O) groups is 1. The van der Waals surface area contributed by atoms with Gasteiger partial charge in [-0.3, -0.25) is 4.79 Å². The van der Waals surface area contributed by atoms with Crippen molar-refractivity contribution in [2.45, 2.75) is 31.4 Å². The zero-order valence-electron chi connectivity index (χ0n) is 18.5. The molecule has 2 heterocycles. The Labute approximate surface area is 194 Å². The molecule has 174 valence electrons. The molecule has 1 aliphatic rings. The summed E-state index contributed by atoms with van der Waals surface area (Å²) in [5.74, 6) is -0.311. The van der Waals surface area contributed by atoms with E-state index in [0.29, 0.717) is 5.56 Å². The Morgan fingerprint density at radius 2 is 1.85 bits per heavy atom. The Hall–Kier alpha value is -3.68. The van der Waals surface area contributed by atoms with E-state index in [1.165, 1.54) is 17.3 Å². The molecule has 0 N–H and O–H groups in total. The second-order valence-corrected chi connectivity index (χ2v) is 8.51. The molecule has 2 aromatic carbocycles. The smallest absolute Gasteiger partial charge is 0.417 e. The molecule has 1 atom stereocenters. The molecular formula is C26H22F3N3O2. The standard InChI is InChI=1S/C26H22F3N3O2/c1-32-25-23(24(31-32)17-8-3-2-4-9-17)21(26(27,28)29)14-22(30-25)34-15-19(33)13-18-12-11-16-7-5-6-10-20(16)18/h2-10,14,18H,11-13,15H2,1H3/t18-/m1/s1. The molecule has 0 bridgehead atoms. The van der Waals surface area contributed by atoms with Crippen molar-refractivity contribution in [2.24, 2.45) is 7.05 Å². The van der Waals surface area contributed by atoms with Crippen LogP contribution in [0, 0.1) is 0 Å². The summed E-state index contributed by atoms with van der Waals surface area (Å²) in [7, 11) is 1.54. The van der Waals surface area contributed by atoms with Crippen LogP contribution in [0.1, 0.15) is 35.4 Å². The van der Waals surface area contributed by atoms with Crippen LogP contribution >= 0.6 is 0 Å². The summed E-state index contributed by atoms with van der Waals surface area (Å²) in [5, 5.41) is 4.20. The number of hydrogen-bond acceptors (Lipinski definition) is 4. The van der Waals surface area contributed by atoms with Gasteiger partial charge < -0.3 is 4.74 Å². The number of hydrogen-bond donors (Lipinski definition) is 0. The van der Waals surface area contributed by atoms with E-state index >= 15 is 0 Å². The normalized spacial score (nSPS) is 15.5. The second kappa shape index (κ2) is 8.59. The van der Waals surface area contributed by atoms with Crippen molar-refractivity contribution in [1.82, 2.24) is 14.8 Å². The average Bonchev–Trinajstić information content (AvgIpc) is 3.38. The van der Waals surface area contributed by atoms with Gasteiger partial charge in [-0.05, 0) is 29.9 Å². The van der Waals surface area contributed by atoms with Crippen molar-refractivity contribution in [3.8, 4) is 17.1 Å². The minimum Gasteiger partial charge on any atom is -0.470 e. The Kier molecular flexibility index (Phi) is 5.59. The van der Waals surface area contributed by atoms with Crippen LogP contribution in [0.15, 0.2) is 60.7 Å². The van der Waals surface area contributed by atoms with E-state index in [2.05, 4.69) is 16.1 Å². The number of carbonyl (C=O) groups excluding carboxylic acids is 1. The lowest BCUT2D eigenvalue weighted by Crippen LogP contribution is -2.15. The van der Waals surface area contributed by atoms with Gasteiger partial charge in [0.25, 0.3) is 0 Å². The highest BCUT2D eigenvalue weighted by Crippen LogP contribution is 2.40. The van der Waals surface area contributed by atoms with Gasteiger partial charge in [0, 0.05) is 25.1 Å². The molecule has 5 rings (SSSR count). The molecule has 0 radical (unpaired) electrons. The lowest BCUT2D eigenvalue weighted by atomic mass is 9.96. The first-order chi connectivity index (χ1) is 16.3. The van der Waals surface area contributed by atoms with Gasteiger partial charge >= 0.3 is 6.18 Å². The lowest BCUT2D eigenvalue weighted by Gasteiger charge is -2.13. The van der Waals surface area contributed by atoms with E-state index < -0.39 is 11.7 Å². The highest BCUT2D eigenvalue weighted by atomic mass is 19.4. The first kappa shape index (κ1) is 22.1. The number of nitrogens with zero attached hydrogens (tertiary/aromatic N) is 3. The molecule has 1 aliphatic carbocycles. The predicted octanol–water partition coefficient (Wildman–Crippen LogP) is 5.72. The molecule has 0 fully saturated rings. The van der Waals surface area contributed by atoms with E-state index in [0.717, 1.165) is 24.5 Å². The monoisotopic (exact) mass is 465 g/mol. The second-order valence-electron chi connectivity index (χ2n) is 8.51. The minimum absolute atomic E-state index is 0.0425. The summed E-state index contributed by atoms with van der Waals surface area (Å²) < 4.78 is 48.9. The van der Waals surface area contributed by atoms with E-state index in [1.54, 1.807) is 30.3 Å². The number of ether oxygens (including phenoxy) is 1. The first-order valence-electron chi connectivity index (χ1n) is 11.0. The maximum absolute atomic E-state index is 14.0. The van der Waals surface area contributed by atoms with E-state index in [4.69, 9.17) is 4.74 Å². The summed E-state index contributed by atoms with van der Waals surface area (Å²) in [6.07, 6.45) is -2.56. The fourth-order valence-electron chi connectivity index (χ4n) is 4.66. The molecule has 0 unspecified atom stereocenters. The largest absolute Gasteiger partial charge is 0.470 e. The average molecular weight is 465 g/mol. The number of ketones is 1. The van der Waals surface area contributed by atoms with Crippen molar-refractivity contribution >= 4 is 16.8 Å². The summed E-state index contributed by atoms with van der Waals surface area (Å²) in [4.78, 5) is 16.9. The van der Waals surface area contributed by atoms with Crippen LogP contribution in [0.25, 0.3) is 22.3 Å². The number of rotatable bonds is 6. The number of fused-ring (bicyclic) bond motifs is 2. The van der Waals surface area contributed by atoms with Crippen LogP contribution in [-0.2, 0) is 24.4 Å². The first-order valence-corrected chi connectivity index (χ1v) is 11.0. The summed E-state index contributed by atoms with van der Waals surface area (Å²) in [5.41, 5.74) is 2.31. The van der Waals surface area contributed by atoms with Gasteiger partial charge in [-0.1, -0.05) is 54.6 Å². The van der Waals surface area contributed by atoms with Crippen molar-refractivity contribution in [1.29, 1.82) is 0 Å². The zero-order valence-corrected chi connectivity index (χ0v) is 18.5. The number of alkyl halides is 3.